The first kappa shape index (κ1) is 22.4. The maximum absolute atomic E-state index is 12.4. The Morgan fingerprint density at radius 1 is 1.10 bits per heavy atom. The lowest BCUT2D eigenvalue weighted by Gasteiger charge is -2.26. The number of ether oxygens (including phenoxy) is 2. The van der Waals surface area contributed by atoms with Crippen LogP contribution >= 0.6 is 23.2 Å². The number of benzene rings is 2. The van der Waals surface area contributed by atoms with Crippen molar-refractivity contribution in [1.29, 1.82) is 0 Å². The molecule has 2 N–H and O–H groups in total. The Balaban J connectivity index is 1.46. The van der Waals surface area contributed by atoms with Crippen LogP contribution in [0.5, 0.6) is 5.75 Å². The van der Waals surface area contributed by atoms with E-state index in [-0.39, 0.29) is 18.4 Å². The largest absolute Gasteiger partial charge is 0.482 e. The summed E-state index contributed by atoms with van der Waals surface area (Å²) in [5, 5.41) is 6.42. The summed E-state index contributed by atoms with van der Waals surface area (Å²) in [6, 6.07) is 11.5. The Hall–Kier alpha value is -2.32. The van der Waals surface area contributed by atoms with Crippen molar-refractivity contribution in [2.45, 2.75) is 0 Å². The highest BCUT2D eigenvalue weighted by Gasteiger charge is 2.12. The van der Waals surface area contributed by atoms with Gasteiger partial charge in [0.25, 0.3) is 11.8 Å². The number of hydrogen-bond acceptors (Lipinski definition) is 5. The number of halogens is 2. The van der Waals surface area contributed by atoms with E-state index >= 15 is 0 Å². The average molecular weight is 452 g/mol. The molecule has 1 saturated heterocycles. The first-order chi connectivity index (χ1) is 14.5. The number of morpholine rings is 1. The molecular weight excluding hydrogens is 429 g/mol. The number of rotatable bonds is 8. The lowest BCUT2D eigenvalue weighted by molar-refractivity contribution is -0.118. The van der Waals surface area contributed by atoms with Gasteiger partial charge in [-0.15, -0.1) is 0 Å². The van der Waals surface area contributed by atoms with Crippen LogP contribution in [-0.4, -0.2) is 62.7 Å². The maximum Gasteiger partial charge on any atom is 0.262 e. The predicted octanol–water partition coefficient (Wildman–Crippen LogP) is 3.07. The molecule has 160 valence electrons. The van der Waals surface area contributed by atoms with Gasteiger partial charge in [0.2, 0.25) is 0 Å². The van der Waals surface area contributed by atoms with Crippen LogP contribution in [0, 0.1) is 0 Å². The summed E-state index contributed by atoms with van der Waals surface area (Å²) < 4.78 is 10.7. The molecule has 0 radical (unpaired) electrons. The van der Waals surface area contributed by atoms with E-state index in [0.29, 0.717) is 33.6 Å². The third kappa shape index (κ3) is 6.88. The maximum atomic E-state index is 12.4. The zero-order valence-corrected chi connectivity index (χ0v) is 17.8. The normalized spacial score (nSPS) is 14.2. The molecule has 0 unspecified atom stereocenters. The molecule has 0 aliphatic carbocycles. The van der Waals surface area contributed by atoms with Gasteiger partial charge < -0.3 is 20.1 Å². The van der Waals surface area contributed by atoms with Gasteiger partial charge >= 0.3 is 0 Å². The van der Waals surface area contributed by atoms with Gasteiger partial charge in [-0.1, -0.05) is 29.3 Å². The summed E-state index contributed by atoms with van der Waals surface area (Å²) in [4.78, 5) is 26.8. The first-order valence-corrected chi connectivity index (χ1v) is 10.3. The van der Waals surface area contributed by atoms with Crippen LogP contribution < -0.4 is 15.4 Å². The molecule has 2 aromatic carbocycles. The number of anilines is 1. The second kappa shape index (κ2) is 11.2. The Morgan fingerprint density at radius 2 is 1.90 bits per heavy atom. The van der Waals surface area contributed by atoms with Crippen LogP contribution in [0.25, 0.3) is 0 Å². The van der Waals surface area contributed by atoms with Crippen molar-refractivity contribution in [3.05, 3.63) is 58.1 Å². The average Bonchev–Trinajstić information content (AvgIpc) is 2.74. The van der Waals surface area contributed by atoms with Gasteiger partial charge in [-0.05, 0) is 36.4 Å². The first-order valence-electron chi connectivity index (χ1n) is 9.57. The van der Waals surface area contributed by atoms with Crippen molar-refractivity contribution in [2.75, 3.05) is 51.3 Å². The second-order valence-corrected chi connectivity index (χ2v) is 7.55. The van der Waals surface area contributed by atoms with Crippen molar-refractivity contribution in [3.63, 3.8) is 0 Å². The van der Waals surface area contributed by atoms with Crippen LogP contribution in [-0.2, 0) is 9.53 Å². The van der Waals surface area contributed by atoms with Gasteiger partial charge in [-0.25, -0.2) is 0 Å². The van der Waals surface area contributed by atoms with Gasteiger partial charge in [0.1, 0.15) is 5.75 Å². The van der Waals surface area contributed by atoms with Crippen molar-refractivity contribution in [1.82, 2.24) is 10.2 Å². The zero-order valence-electron chi connectivity index (χ0n) is 16.3. The van der Waals surface area contributed by atoms with Crippen LogP contribution in [0.2, 0.25) is 10.0 Å². The molecule has 0 atom stereocenters. The molecule has 0 aromatic heterocycles. The van der Waals surface area contributed by atoms with E-state index < -0.39 is 0 Å². The number of hydrogen-bond donors (Lipinski definition) is 2. The van der Waals surface area contributed by atoms with Crippen LogP contribution in [0.1, 0.15) is 10.4 Å². The van der Waals surface area contributed by atoms with Gasteiger partial charge in [0.15, 0.2) is 6.61 Å². The fourth-order valence-corrected chi connectivity index (χ4v) is 3.39. The summed E-state index contributed by atoms with van der Waals surface area (Å²) >= 11 is 11.9. The lowest BCUT2D eigenvalue weighted by atomic mass is 10.2. The monoisotopic (exact) mass is 451 g/mol. The van der Waals surface area contributed by atoms with Gasteiger partial charge in [0.05, 0.1) is 18.2 Å². The number of carbonyl (C=O) groups excluding carboxylic acids is 2. The summed E-state index contributed by atoms with van der Waals surface area (Å²) in [6.07, 6.45) is 0. The summed E-state index contributed by atoms with van der Waals surface area (Å²) in [5.74, 6) is -0.195. The minimum atomic E-state index is -0.370. The van der Waals surface area contributed by atoms with Gasteiger partial charge in [-0.3, -0.25) is 14.5 Å². The number of nitrogens with zero attached hydrogens (tertiary/aromatic N) is 1. The van der Waals surface area contributed by atoms with Crippen LogP contribution in [0.3, 0.4) is 0 Å². The molecule has 0 saturated carbocycles. The molecule has 1 fully saturated rings. The standard InChI is InChI=1S/C21H23Cl2N3O4/c22-16-4-5-19(18(23)13-16)30-14-20(27)25-17-3-1-2-15(12-17)21(28)24-6-7-26-8-10-29-11-9-26/h1-5,12-13H,6-11,14H2,(H,24,28)(H,25,27). The van der Waals surface area contributed by atoms with E-state index in [9.17, 15) is 9.59 Å². The zero-order chi connectivity index (χ0) is 21.3. The number of carbonyl (C=O) groups is 2. The highest BCUT2D eigenvalue weighted by atomic mass is 35.5. The van der Waals surface area contributed by atoms with E-state index in [1.807, 2.05) is 0 Å². The minimum absolute atomic E-state index is 0.191. The molecule has 30 heavy (non-hydrogen) atoms. The van der Waals surface area contributed by atoms with E-state index in [1.165, 1.54) is 6.07 Å². The highest BCUT2D eigenvalue weighted by Crippen LogP contribution is 2.27. The molecule has 1 aliphatic rings. The topological polar surface area (TPSA) is 79.9 Å². The summed E-state index contributed by atoms with van der Waals surface area (Å²) in [7, 11) is 0. The lowest BCUT2D eigenvalue weighted by Crippen LogP contribution is -2.41. The molecule has 7 nitrogen and oxygen atoms in total. The van der Waals surface area contributed by atoms with Crippen molar-refractivity contribution in [2.24, 2.45) is 0 Å². The molecule has 9 heteroatoms. The third-order valence-electron chi connectivity index (χ3n) is 4.48. The number of amides is 2. The molecule has 0 spiro atoms. The van der Waals surface area contributed by atoms with Crippen LogP contribution in [0.4, 0.5) is 5.69 Å². The molecular formula is C21H23Cl2N3O4. The van der Waals surface area contributed by atoms with E-state index in [2.05, 4.69) is 15.5 Å². The highest BCUT2D eigenvalue weighted by molar-refractivity contribution is 6.35. The summed E-state index contributed by atoms with van der Waals surface area (Å²) in [6.45, 7) is 4.30. The molecule has 1 heterocycles. The smallest absolute Gasteiger partial charge is 0.262 e. The van der Waals surface area contributed by atoms with E-state index in [4.69, 9.17) is 32.7 Å². The van der Waals surface area contributed by atoms with Gasteiger partial charge in [-0.2, -0.15) is 0 Å². The minimum Gasteiger partial charge on any atom is -0.482 e. The Bertz CT molecular complexity index is 888. The molecule has 2 amide bonds. The molecule has 2 aromatic rings. The quantitative estimate of drug-likeness (QED) is 0.644. The molecule has 0 bridgehead atoms. The van der Waals surface area contributed by atoms with E-state index in [0.717, 1.165) is 32.8 Å². The predicted molar refractivity (Wildman–Crippen MR) is 117 cm³/mol. The SMILES string of the molecule is O=C(COc1ccc(Cl)cc1Cl)Nc1cccc(C(=O)NCCN2CCOCC2)c1. The summed E-state index contributed by atoms with van der Waals surface area (Å²) in [5.41, 5.74) is 0.975. The van der Waals surface area contributed by atoms with Crippen molar-refractivity contribution >= 4 is 40.7 Å². The fraction of sp³-hybridized carbons (Fsp3) is 0.333. The molecule has 1 aliphatic heterocycles. The van der Waals surface area contributed by atoms with Gasteiger partial charge in [0, 0.05) is 42.5 Å². The third-order valence-corrected chi connectivity index (χ3v) is 5.01. The number of nitrogens with one attached hydrogen (secondary N) is 2. The fourth-order valence-electron chi connectivity index (χ4n) is 2.93. The van der Waals surface area contributed by atoms with Crippen LogP contribution in [0.15, 0.2) is 42.5 Å². The Labute approximate surface area is 185 Å². The second-order valence-electron chi connectivity index (χ2n) is 6.70. The molecule has 3 rings (SSSR count). The van der Waals surface area contributed by atoms with E-state index in [1.54, 1.807) is 36.4 Å². The Kier molecular flexibility index (Phi) is 8.33. The Morgan fingerprint density at radius 3 is 2.67 bits per heavy atom. The van der Waals surface area contributed by atoms with Crippen molar-refractivity contribution < 1.29 is 19.1 Å². The van der Waals surface area contributed by atoms with Crippen molar-refractivity contribution in [3.8, 4) is 5.75 Å².